The average Bonchev–Trinajstić information content (AvgIpc) is 2.43. The lowest BCUT2D eigenvalue weighted by Gasteiger charge is -2.20. The molecule has 0 saturated carbocycles. The quantitative estimate of drug-likeness (QED) is 0.591. The molecule has 2 rings (SSSR count). The van der Waals surface area contributed by atoms with E-state index in [1.54, 1.807) is 0 Å². The molecule has 2 aromatic carbocycles. The first kappa shape index (κ1) is 15.3. The highest BCUT2D eigenvalue weighted by molar-refractivity contribution is 5.63. The van der Waals surface area contributed by atoms with Gasteiger partial charge in [-0.15, -0.1) is 0 Å². The number of allylic oxidation sites excluding steroid dienone is 2. The maximum absolute atomic E-state index is 2.27. The summed E-state index contributed by atoms with van der Waals surface area (Å²) in [5, 5.41) is 0. The first-order chi connectivity index (χ1) is 9.95. The van der Waals surface area contributed by atoms with Gasteiger partial charge >= 0.3 is 0 Å². The maximum atomic E-state index is 2.27. The number of hydrogen-bond acceptors (Lipinski definition) is 0. The zero-order chi connectivity index (χ0) is 15.3. The largest absolute Gasteiger partial charge is 0.0622 e. The monoisotopic (exact) mass is 276 g/mol. The highest BCUT2D eigenvalue weighted by Gasteiger charge is 2.14. The topological polar surface area (TPSA) is 0 Å². The number of hydrogen-bond donors (Lipinski definition) is 0. The highest BCUT2D eigenvalue weighted by atomic mass is 14.2. The Hall–Kier alpha value is -2.08. The third kappa shape index (κ3) is 4.75. The summed E-state index contributed by atoms with van der Waals surface area (Å²) in [6.45, 7) is 8.88. The minimum Gasteiger partial charge on any atom is -0.0622 e. The van der Waals surface area contributed by atoms with E-state index >= 15 is 0 Å². The molecule has 21 heavy (non-hydrogen) atoms. The number of aryl methyl sites for hydroxylation is 1. The van der Waals surface area contributed by atoms with Crippen LogP contribution in [-0.4, -0.2) is 0 Å². The second kappa shape index (κ2) is 6.58. The lowest BCUT2D eigenvalue weighted by Crippen LogP contribution is -2.07. The average molecular weight is 276 g/mol. The molecule has 108 valence electrons. The predicted molar refractivity (Wildman–Crippen MR) is 94.1 cm³/mol. The standard InChI is InChI=1S/C21H24/c1-17-9-8-12-19(15-17)13-14-20(21(2,3)4)16-18-10-6-5-7-11-18/h5-16H,1-4H3. The van der Waals surface area contributed by atoms with Crippen molar-refractivity contribution in [2.24, 2.45) is 5.41 Å². The van der Waals surface area contributed by atoms with Gasteiger partial charge in [0, 0.05) is 0 Å². The van der Waals surface area contributed by atoms with Crippen molar-refractivity contribution >= 4 is 12.2 Å². The van der Waals surface area contributed by atoms with Crippen LogP contribution in [0, 0.1) is 12.3 Å². The second-order valence-corrected chi connectivity index (χ2v) is 6.51. The van der Waals surface area contributed by atoms with Crippen molar-refractivity contribution in [3.8, 4) is 0 Å². The fourth-order valence-electron chi connectivity index (χ4n) is 2.20. The van der Waals surface area contributed by atoms with Crippen molar-refractivity contribution in [2.45, 2.75) is 27.7 Å². The van der Waals surface area contributed by atoms with Gasteiger partial charge in [-0.1, -0.05) is 99.2 Å². The zero-order valence-corrected chi connectivity index (χ0v) is 13.4. The van der Waals surface area contributed by atoms with Gasteiger partial charge in [0.25, 0.3) is 0 Å². The van der Waals surface area contributed by atoms with E-state index in [-0.39, 0.29) is 5.41 Å². The van der Waals surface area contributed by atoms with Gasteiger partial charge in [-0.2, -0.15) is 0 Å². The van der Waals surface area contributed by atoms with Crippen LogP contribution in [0.5, 0.6) is 0 Å². The molecule has 0 heteroatoms. The summed E-state index contributed by atoms with van der Waals surface area (Å²) in [6, 6.07) is 19.1. The molecule has 0 bridgehead atoms. The molecular formula is C21H24. The minimum atomic E-state index is 0.121. The van der Waals surface area contributed by atoms with Crippen LogP contribution in [0.3, 0.4) is 0 Å². The lowest BCUT2D eigenvalue weighted by atomic mass is 9.84. The normalized spacial score (nSPS) is 12.9. The molecule has 0 heterocycles. The summed E-state index contributed by atoms with van der Waals surface area (Å²) < 4.78 is 0. The fraction of sp³-hybridized carbons (Fsp3) is 0.238. The van der Waals surface area contributed by atoms with Gasteiger partial charge in [-0.25, -0.2) is 0 Å². The van der Waals surface area contributed by atoms with Gasteiger partial charge < -0.3 is 0 Å². The molecule has 0 saturated heterocycles. The van der Waals surface area contributed by atoms with Crippen molar-refractivity contribution in [3.05, 3.63) is 82.9 Å². The molecule has 0 aromatic heterocycles. The highest BCUT2D eigenvalue weighted by Crippen LogP contribution is 2.29. The minimum absolute atomic E-state index is 0.121. The Balaban J connectivity index is 2.32. The van der Waals surface area contributed by atoms with Crippen LogP contribution < -0.4 is 0 Å². The third-order valence-corrected chi connectivity index (χ3v) is 3.49. The van der Waals surface area contributed by atoms with Gasteiger partial charge in [0.1, 0.15) is 0 Å². The van der Waals surface area contributed by atoms with Gasteiger partial charge in [-0.3, -0.25) is 0 Å². The third-order valence-electron chi connectivity index (χ3n) is 3.49. The van der Waals surface area contributed by atoms with Crippen molar-refractivity contribution in [3.63, 3.8) is 0 Å². The van der Waals surface area contributed by atoms with Gasteiger partial charge in [0.2, 0.25) is 0 Å². The molecule has 0 atom stereocenters. The zero-order valence-electron chi connectivity index (χ0n) is 13.4. The van der Waals surface area contributed by atoms with E-state index in [0.29, 0.717) is 0 Å². The summed E-state index contributed by atoms with van der Waals surface area (Å²) in [7, 11) is 0. The molecule has 0 amide bonds. The van der Waals surface area contributed by atoms with E-state index in [2.05, 4.69) is 101 Å². The van der Waals surface area contributed by atoms with E-state index in [4.69, 9.17) is 0 Å². The number of benzene rings is 2. The summed E-state index contributed by atoms with van der Waals surface area (Å²) in [4.78, 5) is 0. The Morgan fingerprint density at radius 3 is 2.14 bits per heavy atom. The van der Waals surface area contributed by atoms with Crippen LogP contribution >= 0.6 is 0 Å². The second-order valence-electron chi connectivity index (χ2n) is 6.51. The Morgan fingerprint density at radius 1 is 0.857 bits per heavy atom. The van der Waals surface area contributed by atoms with Crippen LogP contribution in [-0.2, 0) is 0 Å². The first-order valence-electron chi connectivity index (χ1n) is 7.47. The van der Waals surface area contributed by atoms with Crippen LogP contribution in [0.2, 0.25) is 0 Å². The van der Waals surface area contributed by atoms with Gasteiger partial charge in [0.15, 0.2) is 0 Å². The molecule has 0 aliphatic heterocycles. The van der Waals surface area contributed by atoms with Crippen LogP contribution in [0.1, 0.15) is 37.5 Å². The van der Waals surface area contributed by atoms with E-state index < -0.39 is 0 Å². The van der Waals surface area contributed by atoms with Crippen LogP contribution in [0.25, 0.3) is 12.2 Å². The first-order valence-corrected chi connectivity index (χ1v) is 7.47. The summed E-state index contributed by atoms with van der Waals surface area (Å²) in [5.74, 6) is 0. The summed E-state index contributed by atoms with van der Waals surface area (Å²) in [5.41, 5.74) is 5.24. The van der Waals surface area contributed by atoms with Gasteiger partial charge in [-0.05, 0) is 29.0 Å². The van der Waals surface area contributed by atoms with E-state index in [0.717, 1.165) is 0 Å². The van der Waals surface area contributed by atoms with Gasteiger partial charge in [0.05, 0.1) is 0 Å². The van der Waals surface area contributed by atoms with E-state index in [1.165, 1.54) is 22.3 Å². The number of rotatable bonds is 3. The molecule has 2 aromatic rings. The molecule has 0 radical (unpaired) electrons. The molecular weight excluding hydrogens is 252 g/mol. The Bertz CT molecular complexity index is 637. The predicted octanol–water partition coefficient (Wildman–Crippen LogP) is 6.14. The van der Waals surface area contributed by atoms with Crippen LogP contribution in [0.15, 0.2) is 66.2 Å². The van der Waals surface area contributed by atoms with Crippen molar-refractivity contribution in [2.75, 3.05) is 0 Å². The molecule has 0 N–H and O–H groups in total. The molecule has 0 aliphatic rings. The van der Waals surface area contributed by atoms with Crippen LogP contribution in [0.4, 0.5) is 0 Å². The summed E-state index contributed by atoms with van der Waals surface area (Å²) >= 11 is 0. The Labute approximate surface area is 128 Å². The van der Waals surface area contributed by atoms with Crippen molar-refractivity contribution in [1.82, 2.24) is 0 Å². The molecule has 0 spiro atoms. The summed E-state index contributed by atoms with van der Waals surface area (Å²) in [6.07, 6.45) is 6.71. The lowest BCUT2D eigenvalue weighted by molar-refractivity contribution is 0.521. The van der Waals surface area contributed by atoms with Crippen molar-refractivity contribution in [1.29, 1.82) is 0 Å². The molecule has 0 fully saturated rings. The smallest absolute Gasteiger partial charge is 0.0132 e. The molecule has 0 unspecified atom stereocenters. The Kier molecular flexibility index (Phi) is 4.80. The molecule has 0 aliphatic carbocycles. The molecule has 0 nitrogen and oxygen atoms in total. The Morgan fingerprint density at radius 2 is 1.52 bits per heavy atom. The van der Waals surface area contributed by atoms with E-state index in [9.17, 15) is 0 Å². The SMILES string of the molecule is Cc1cccc(C=CC(=Cc2ccccc2)C(C)(C)C)c1. The van der Waals surface area contributed by atoms with Crippen molar-refractivity contribution < 1.29 is 0 Å². The maximum Gasteiger partial charge on any atom is -0.0132 e. The fourth-order valence-corrected chi connectivity index (χ4v) is 2.20. The van der Waals surface area contributed by atoms with E-state index in [1.807, 2.05) is 0 Å².